The van der Waals surface area contributed by atoms with E-state index in [0.717, 1.165) is 18.2 Å². The first-order chi connectivity index (χ1) is 5.02. The largest absolute Gasteiger partial charge is 0.127 e. The van der Waals surface area contributed by atoms with Gasteiger partial charge in [0.1, 0.15) is 0 Å². The quantitative estimate of drug-likeness (QED) is 0.586. The van der Waals surface area contributed by atoms with E-state index in [1.807, 2.05) is 0 Å². The number of hydrogen-bond acceptors (Lipinski definition) is 0. The van der Waals surface area contributed by atoms with Gasteiger partial charge >= 0.3 is 0 Å². The van der Waals surface area contributed by atoms with Gasteiger partial charge in [0.25, 0.3) is 0 Å². The van der Waals surface area contributed by atoms with Gasteiger partial charge in [-0.25, -0.2) is 0 Å². The van der Waals surface area contributed by atoms with Gasteiger partial charge in [-0.05, 0) is 24.2 Å². The molecule has 0 aromatic carbocycles. The lowest BCUT2D eigenvalue weighted by atomic mass is 9.82. The normalized spacial score (nSPS) is 15.0. The van der Waals surface area contributed by atoms with E-state index >= 15 is 0 Å². The first-order valence-electron chi connectivity index (χ1n) is 4.14. The summed E-state index contributed by atoms with van der Waals surface area (Å²) in [5, 5.41) is 0. The van der Waals surface area contributed by atoms with Gasteiger partial charge in [-0.3, -0.25) is 0 Å². The molecule has 0 aromatic heterocycles. The summed E-state index contributed by atoms with van der Waals surface area (Å²) in [7, 11) is 0. The van der Waals surface area contributed by atoms with Crippen molar-refractivity contribution < 1.29 is 0 Å². The zero-order valence-corrected chi connectivity index (χ0v) is 9.17. The molecule has 2 heteroatoms. The number of rotatable bonds is 5. The Morgan fingerprint density at radius 2 is 1.82 bits per heavy atom. The van der Waals surface area contributed by atoms with Crippen molar-refractivity contribution in [2.75, 3.05) is 11.8 Å². The van der Waals surface area contributed by atoms with Gasteiger partial charge in [0.15, 0.2) is 0 Å². The van der Waals surface area contributed by atoms with E-state index in [1.54, 1.807) is 0 Å². The molecule has 0 radical (unpaired) electrons. The predicted octanol–water partition coefficient (Wildman–Crippen LogP) is 3.91. The molecule has 0 fully saturated rings. The zero-order valence-electron chi connectivity index (χ0n) is 7.66. The smallest absolute Gasteiger partial charge is 0.0249 e. The van der Waals surface area contributed by atoms with Crippen molar-refractivity contribution in [3.63, 3.8) is 0 Å². The van der Waals surface area contributed by atoms with Crippen LogP contribution >= 0.6 is 23.2 Å². The zero-order chi connectivity index (χ0) is 8.91. The molecule has 0 aliphatic carbocycles. The average Bonchev–Trinajstić information content (AvgIpc) is 1.86. The Morgan fingerprint density at radius 1 is 1.27 bits per heavy atom. The molecule has 0 heterocycles. The minimum absolute atomic E-state index is 0.357. The summed E-state index contributed by atoms with van der Waals surface area (Å²) in [5.74, 6) is 2.11. The van der Waals surface area contributed by atoms with Gasteiger partial charge in [-0.1, -0.05) is 20.8 Å². The standard InChI is InChI=1S/C9H18Cl2/c1-8(7-11)6-9(2,3)4-5-10/h8H,4-7H2,1-3H3. The molecule has 1 unspecified atom stereocenters. The van der Waals surface area contributed by atoms with E-state index in [1.165, 1.54) is 6.42 Å². The minimum Gasteiger partial charge on any atom is -0.127 e. The molecule has 0 saturated carbocycles. The highest BCUT2D eigenvalue weighted by Gasteiger charge is 2.19. The lowest BCUT2D eigenvalue weighted by molar-refractivity contribution is 0.280. The monoisotopic (exact) mass is 196 g/mol. The molecule has 0 bridgehead atoms. The van der Waals surface area contributed by atoms with Crippen molar-refractivity contribution in [2.45, 2.75) is 33.6 Å². The third-order valence-electron chi connectivity index (χ3n) is 1.94. The van der Waals surface area contributed by atoms with E-state index < -0.39 is 0 Å². The fraction of sp³-hybridized carbons (Fsp3) is 1.00. The second-order valence-corrected chi connectivity index (χ2v) is 4.75. The Kier molecular flexibility index (Phi) is 5.54. The molecule has 0 spiro atoms. The fourth-order valence-corrected chi connectivity index (χ4v) is 1.98. The van der Waals surface area contributed by atoms with Crippen molar-refractivity contribution in [1.82, 2.24) is 0 Å². The van der Waals surface area contributed by atoms with E-state index in [0.29, 0.717) is 11.3 Å². The van der Waals surface area contributed by atoms with Gasteiger partial charge in [0, 0.05) is 11.8 Å². The molecule has 11 heavy (non-hydrogen) atoms. The summed E-state index contributed by atoms with van der Waals surface area (Å²) >= 11 is 11.4. The first kappa shape index (κ1) is 11.6. The van der Waals surface area contributed by atoms with Crippen LogP contribution in [0.5, 0.6) is 0 Å². The molecule has 68 valence electrons. The summed E-state index contributed by atoms with van der Waals surface area (Å²) in [6.45, 7) is 6.68. The van der Waals surface area contributed by atoms with Gasteiger partial charge in [0.05, 0.1) is 0 Å². The van der Waals surface area contributed by atoms with Crippen molar-refractivity contribution in [3.05, 3.63) is 0 Å². The summed E-state index contributed by atoms with van der Waals surface area (Å²) < 4.78 is 0. The van der Waals surface area contributed by atoms with Crippen LogP contribution in [0, 0.1) is 11.3 Å². The number of hydrogen-bond donors (Lipinski definition) is 0. The van der Waals surface area contributed by atoms with E-state index in [2.05, 4.69) is 20.8 Å². The highest BCUT2D eigenvalue weighted by molar-refractivity contribution is 6.18. The maximum atomic E-state index is 5.73. The van der Waals surface area contributed by atoms with Gasteiger partial charge < -0.3 is 0 Å². The maximum absolute atomic E-state index is 5.73. The van der Waals surface area contributed by atoms with Crippen molar-refractivity contribution >= 4 is 23.2 Å². The molecule has 0 N–H and O–H groups in total. The van der Waals surface area contributed by atoms with Gasteiger partial charge in [-0.15, -0.1) is 23.2 Å². The highest BCUT2D eigenvalue weighted by Crippen LogP contribution is 2.29. The third kappa shape index (κ3) is 5.81. The van der Waals surface area contributed by atoms with E-state index in [9.17, 15) is 0 Å². The van der Waals surface area contributed by atoms with Gasteiger partial charge in [-0.2, -0.15) is 0 Å². The molecule has 0 nitrogen and oxygen atoms in total. The lowest BCUT2D eigenvalue weighted by Crippen LogP contribution is -2.16. The minimum atomic E-state index is 0.357. The average molecular weight is 197 g/mol. The highest BCUT2D eigenvalue weighted by atomic mass is 35.5. The second kappa shape index (κ2) is 5.27. The van der Waals surface area contributed by atoms with Crippen LogP contribution in [-0.4, -0.2) is 11.8 Å². The maximum Gasteiger partial charge on any atom is 0.0249 e. The van der Waals surface area contributed by atoms with Crippen LogP contribution in [0.1, 0.15) is 33.6 Å². The van der Waals surface area contributed by atoms with E-state index in [4.69, 9.17) is 23.2 Å². The Balaban J connectivity index is 3.70. The molecule has 0 aliphatic rings. The second-order valence-electron chi connectivity index (χ2n) is 4.07. The SMILES string of the molecule is CC(CCl)CC(C)(C)CCCl. The number of halogens is 2. The van der Waals surface area contributed by atoms with Crippen LogP contribution in [0.2, 0.25) is 0 Å². The molecule has 0 amide bonds. The Morgan fingerprint density at radius 3 is 2.18 bits per heavy atom. The lowest BCUT2D eigenvalue weighted by Gasteiger charge is -2.26. The molecular weight excluding hydrogens is 179 g/mol. The summed E-state index contributed by atoms with van der Waals surface area (Å²) in [4.78, 5) is 0. The summed E-state index contributed by atoms with van der Waals surface area (Å²) in [6, 6.07) is 0. The molecule has 1 atom stereocenters. The van der Waals surface area contributed by atoms with E-state index in [-0.39, 0.29) is 0 Å². The summed E-state index contributed by atoms with van der Waals surface area (Å²) in [5.41, 5.74) is 0.357. The molecule has 0 rings (SSSR count). The van der Waals surface area contributed by atoms with Crippen molar-refractivity contribution in [3.8, 4) is 0 Å². The topological polar surface area (TPSA) is 0 Å². The molecule has 0 saturated heterocycles. The third-order valence-corrected chi connectivity index (χ3v) is 2.65. The molecule has 0 aliphatic heterocycles. The van der Waals surface area contributed by atoms with Gasteiger partial charge in [0.2, 0.25) is 0 Å². The van der Waals surface area contributed by atoms with Crippen molar-refractivity contribution in [2.24, 2.45) is 11.3 Å². The Labute approximate surface area is 80.3 Å². The molecular formula is C9H18Cl2. The van der Waals surface area contributed by atoms with Crippen LogP contribution in [0.15, 0.2) is 0 Å². The molecule has 0 aromatic rings. The fourth-order valence-electron chi connectivity index (χ4n) is 1.36. The van der Waals surface area contributed by atoms with Crippen LogP contribution in [0.3, 0.4) is 0 Å². The number of alkyl halides is 2. The Bertz CT molecular complexity index is 99.7. The summed E-state index contributed by atoms with van der Waals surface area (Å²) in [6.07, 6.45) is 2.25. The predicted molar refractivity (Wildman–Crippen MR) is 53.6 cm³/mol. The van der Waals surface area contributed by atoms with Crippen LogP contribution in [-0.2, 0) is 0 Å². The first-order valence-corrected chi connectivity index (χ1v) is 5.20. The van der Waals surface area contributed by atoms with Crippen molar-refractivity contribution in [1.29, 1.82) is 0 Å². The van der Waals surface area contributed by atoms with Crippen LogP contribution in [0.4, 0.5) is 0 Å². The Hall–Kier alpha value is 0.580. The van der Waals surface area contributed by atoms with Crippen LogP contribution in [0.25, 0.3) is 0 Å². The van der Waals surface area contributed by atoms with Crippen LogP contribution < -0.4 is 0 Å².